The van der Waals surface area contributed by atoms with Gasteiger partial charge in [-0.1, -0.05) is 53.5 Å². The maximum Gasteiger partial charge on any atom is 0.257 e. The van der Waals surface area contributed by atoms with E-state index in [4.69, 9.17) is 27.9 Å². The zero-order valence-electron chi connectivity index (χ0n) is 12.5. The third-order valence-electron chi connectivity index (χ3n) is 3.28. The molecule has 0 aliphatic heterocycles. The largest absolute Gasteiger partial charge is 0.455 e. The van der Waals surface area contributed by atoms with Crippen molar-refractivity contribution in [2.75, 3.05) is 5.32 Å². The lowest BCUT2D eigenvalue weighted by Gasteiger charge is -2.12. The average molecular weight is 358 g/mol. The number of rotatable bonds is 4. The van der Waals surface area contributed by atoms with Crippen LogP contribution in [-0.4, -0.2) is 5.91 Å². The van der Waals surface area contributed by atoms with E-state index in [1.807, 2.05) is 42.5 Å². The van der Waals surface area contributed by atoms with E-state index < -0.39 is 0 Å². The van der Waals surface area contributed by atoms with Crippen molar-refractivity contribution in [3.05, 3.63) is 88.4 Å². The number of halogens is 2. The van der Waals surface area contributed by atoms with Crippen LogP contribution >= 0.6 is 23.2 Å². The highest BCUT2D eigenvalue weighted by Gasteiger charge is 2.13. The highest BCUT2D eigenvalue weighted by atomic mass is 35.5. The third kappa shape index (κ3) is 3.88. The quantitative estimate of drug-likeness (QED) is 0.618. The van der Waals surface area contributed by atoms with E-state index in [0.717, 1.165) is 0 Å². The smallest absolute Gasteiger partial charge is 0.257 e. The van der Waals surface area contributed by atoms with Crippen molar-refractivity contribution in [2.45, 2.75) is 0 Å². The van der Waals surface area contributed by atoms with E-state index in [-0.39, 0.29) is 5.91 Å². The van der Waals surface area contributed by atoms with Crippen LogP contribution in [0.3, 0.4) is 0 Å². The van der Waals surface area contributed by atoms with Crippen LogP contribution in [-0.2, 0) is 0 Å². The first kappa shape index (κ1) is 16.4. The normalized spacial score (nSPS) is 10.2. The molecule has 120 valence electrons. The van der Waals surface area contributed by atoms with Gasteiger partial charge in [0.05, 0.1) is 16.3 Å². The first-order chi connectivity index (χ1) is 11.6. The van der Waals surface area contributed by atoms with E-state index in [1.165, 1.54) is 6.07 Å². The lowest BCUT2D eigenvalue weighted by Crippen LogP contribution is -2.13. The molecule has 0 aromatic heterocycles. The fraction of sp³-hybridized carbons (Fsp3) is 0. The fourth-order valence-electron chi connectivity index (χ4n) is 2.14. The molecule has 0 fully saturated rings. The highest BCUT2D eigenvalue weighted by molar-refractivity contribution is 6.37. The van der Waals surface area contributed by atoms with Gasteiger partial charge in [-0.05, 0) is 42.5 Å². The van der Waals surface area contributed by atoms with Gasteiger partial charge in [0.15, 0.2) is 5.75 Å². The molecule has 1 N–H and O–H groups in total. The molecular formula is C19H13Cl2NO2. The zero-order chi connectivity index (χ0) is 16.9. The minimum Gasteiger partial charge on any atom is -0.455 e. The number of ether oxygens (including phenoxy) is 1. The van der Waals surface area contributed by atoms with Crippen molar-refractivity contribution >= 4 is 34.8 Å². The molecule has 0 aliphatic rings. The van der Waals surface area contributed by atoms with Gasteiger partial charge in [0.2, 0.25) is 0 Å². The molecule has 3 aromatic carbocycles. The Morgan fingerprint density at radius 3 is 2.33 bits per heavy atom. The van der Waals surface area contributed by atoms with Gasteiger partial charge in [0.25, 0.3) is 5.91 Å². The minimum absolute atomic E-state index is 0.293. The van der Waals surface area contributed by atoms with Crippen LogP contribution in [0, 0.1) is 0 Å². The van der Waals surface area contributed by atoms with Crippen molar-refractivity contribution in [1.82, 2.24) is 0 Å². The summed E-state index contributed by atoms with van der Waals surface area (Å²) in [5, 5.41) is 3.59. The van der Waals surface area contributed by atoms with Gasteiger partial charge in [0.1, 0.15) is 5.75 Å². The Kier molecular flexibility index (Phi) is 5.04. The van der Waals surface area contributed by atoms with Crippen molar-refractivity contribution in [1.29, 1.82) is 0 Å². The average Bonchev–Trinajstić information content (AvgIpc) is 2.57. The summed E-state index contributed by atoms with van der Waals surface area (Å²) in [7, 11) is 0. The minimum atomic E-state index is -0.333. The van der Waals surface area contributed by atoms with Crippen molar-refractivity contribution < 1.29 is 9.53 Å². The standard InChI is InChI=1S/C19H13Cl2NO2/c20-13-10-11-15(16(21)12-13)19(23)22-17-8-4-5-9-18(17)24-14-6-2-1-3-7-14/h1-12H,(H,22,23). The summed E-state index contributed by atoms with van der Waals surface area (Å²) >= 11 is 11.9. The molecule has 0 atom stereocenters. The summed E-state index contributed by atoms with van der Waals surface area (Å²) in [5.41, 5.74) is 0.896. The summed E-state index contributed by atoms with van der Waals surface area (Å²) in [4.78, 5) is 12.5. The Hall–Kier alpha value is -2.49. The zero-order valence-corrected chi connectivity index (χ0v) is 14.0. The Balaban J connectivity index is 1.84. The van der Waals surface area contributed by atoms with E-state index in [1.54, 1.807) is 24.3 Å². The second-order valence-electron chi connectivity index (χ2n) is 4.99. The summed E-state index contributed by atoms with van der Waals surface area (Å²) < 4.78 is 5.83. The van der Waals surface area contributed by atoms with Crippen molar-refractivity contribution in [2.24, 2.45) is 0 Å². The molecule has 0 saturated carbocycles. The molecule has 3 nitrogen and oxygen atoms in total. The molecule has 0 radical (unpaired) electrons. The summed E-state index contributed by atoms with van der Waals surface area (Å²) in [6.45, 7) is 0. The molecular weight excluding hydrogens is 345 g/mol. The van der Waals surface area contributed by atoms with Crippen LogP contribution in [0.2, 0.25) is 10.0 Å². The van der Waals surface area contributed by atoms with Gasteiger partial charge in [-0.3, -0.25) is 4.79 Å². The number of carbonyl (C=O) groups excluding carboxylic acids is 1. The number of anilines is 1. The molecule has 0 saturated heterocycles. The lowest BCUT2D eigenvalue weighted by atomic mass is 10.2. The van der Waals surface area contributed by atoms with Gasteiger partial charge in [-0.2, -0.15) is 0 Å². The molecule has 0 aliphatic carbocycles. The topological polar surface area (TPSA) is 38.3 Å². The van der Waals surface area contributed by atoms with E-state index in [0.29, 0.717) is 32.8 Å². The maximum absolute atomic E-state index is 12.5. The molecule has 1 amide bonds. The predicted octanol–water partition coefficient (Wildman–Crippen LogP) is 6.04. The molecule has 0 spiro atoms. The number of amides is 1. The second kappa shape index (κ2) is 7.39. The molecule has 5 heteroatoms. The molecule has 24 heavy (non-hydrogen) atoms. The van der Waals surface area contributed by atoms with E-state index >= 15 is 0 Å². The van der Waals surface area contributed by atoms with Crippen LogP contribution < -0.4 is 10.1 Å². The Labute approximate surface area is 149 Å². The SMILES string of the molecule is O=C(Nc1ccccc1Oc1ccccc1)c1ccc(Cl)cc1Cl. The van der Waals surface area contributed by atoms with Crippen molar-refractivity contribution in [3.63, 3.8) is 0 Å². The highest BCUT2D eigenvalue weighted by Crippen LogP contribution is 2.30. The molecule has 0 bridgehead atoms. The number of carbonyl (C=O) groups is 1. The number of para-hydroxylation sites is 3. The Morgan fingerprint density at radius 1 is 0.875 bits per heavy atom. The number of nitrogens with one attached hydrogen (secondary N) is 1. The Bertz CT molecular complexity index is 866. The maximum atomic E-state index is 12.5. The van der Waals surface area contributed by atoms with Gasteiger partial charge in [-0.15, -0.1) is 0 Å². The van der Waals surface area contributed by atoms with Crippen LogP contribution in [0.4, 0.5) is 5.69 Å². The molecule has 3 rings (SSSR count). The number of hydrogen-bond acceptors (Lipinski definition) is 2. The second-order valence-corrected chi connectivity index (χ2v) is 5.83. The van der Waals surface area contributed by atoms with Gasteiger partial charge in [-0.25, -0.2) is 0 Å². The Morgan fingerprint density at radius 2 is 1.58 bits per heavy atom. The summed E-state index contributed by atoms with van der Waals surface area (Å²) in [6, 6.07) is 21.3. The lowest BCUT2D eigenvalue weighted by molar-refractivity contribution is 0.102. The number of hydrogen-bond donors (Lipinski definition) is 1. The van der Waals surface area contributed by atoms with Crippen LogP contribution in [0.1, 0.15) is 10.4 Å². The van der Waals surface area contributed by atoms with Crippen molar-refractivity contribution in [3.8, 4) is 11.5 Å². The molecule has 0 heterocycles. The third-order valence-corrected chi connectivity index (χ3v) is 3.83. The monoisotopic (exact) mass is 357 g/mol. The van der Waals surface area contributed by atoms with Gasteiger partial charge >= 0.3 is 0 Å². The van der Waals surface area contributed by atoms with E-state index in [9.17, 15) is 4.79 Å². The van der Waals surface area contributed by atoms with E-state index in [2.05, 4.69) is 5.32 Å². The fourth-order valence-corrected chi connectivity index (χ4v) is 2.63. The van der Waals surface area contributed by atoms with Gasteiger partial charge in [0, 0.05) is 5.02 Å². The number of benzene rings is 3. The van der Waals surface area contributed by atoms with Gasteiger partial charge < -0.3 is 10.1 Å². The first-order valence-corrected chi connectivity index (χ1v) is 7.97. The van der Waals surface area contributed by atoms with Crippen LogP contribution in [0.5, 0.6) is 11.5 Å². The van der Waals surface area contributed by atoms with Crippen LogP contribution in [0.25, 0.3) is 0 Å². The summed E-state index contributed by atoms with van der Waals surface area (Å²) in [6.07, 6.45) is 0. The summed E-state index contributed by atoms with van der Waals surface area (Å²) in [5.74, 6) is 0.895. The predicted molar refractivity (Wildman–Crippen MR) is 97.4 cm³/mol. The molecule has 3 aromatic rings. The molecule has 0 unspecified atom stereocenters. The first-order valence-electron chi connectivity index (χ1n) is 7.22. The van der Waals surface area contributed by atoms with Crippen LogP contribution in [0.15, 0.2) is 72.8 Å².